The Kier molecular flexibility index (Phi) is 4.41. The van der Waals surface area contributed by atoms with Crippen LogP contribution in [0.5, 0.6) is 0 Å². The summed E-state index contributed by atoms with van der Waals surface area (Å²) in [6.45, 7) is -0.819. The first-order chi connectivity index (χ1) is 7.89. The summed E-state index contributed by atoms with van der Waals surface area (Å²) in [5.41, 5.74) is 0.383. The largest absolute Gasteiger partial charge is 0.387 e. The van der Waals surface area contributed by atoms with Crippen LogP contribution in [-0.2, 0) is 10.0 Å². The van der Waals surface area contributed by atoms with Crippen molar-refractivity contribution in [2.24, 2.45) is 0 Å². The van der Waals surface area contributed by atoms with Crippen LogP contribution in [-0.4, -0.2) is 39.8 Å². The van der Waals surface area contributed by atoms with E-state index in [1.54, 1.807) is 25.2 Å². The number of anilines is 1. The summed E-state index contributed by atoms with van der Waals surface area (Å²) in [5.74, 6) is 0. The van der Waals surface area contributed by atoms with Crippen molar-refractivity contribution in [1.29, 1.82) is 0 Å². The molecule has 0 bridgehead atoms. The van der Waals surface area contributed by atoms with Gasteiger partial charge in [-0.2, -0.15) is 4.31 Å². The molecule has 0 aliphatic heterocycles. The molecule has 1 aromatic carbocycles. The molecule has 0 aliphatic rings. The fourth-order valence-corrected chi connectivity index (χ4v) is 2.70. The van der Waals surface area contributed by atoms with Gasteiger partial charge in [0.05, 0.1) is 12.2 Å². The number of para-hydroxylation sites is 1. The normalized spacial score (nSPS) is 12.1. The molecule has 1 aromatic rings. The number of nitrogens with zero attached hydrogens (tertiary/aromatic N) is 1. The molecule has 0 spiro atoms. The summed E-state index contributed by atoms with van der Waals surface area (Å²) >= 11 is 0. The molecule has 0 unspecified atom stereocenters. The van der Waals surface area contributed by atoms with Gasteiger partial charge in [0.1, 0.15) is 4.90 Å². The summed E-state index contributed by atoms with van der Waals surface area (Å²) in [6.07, 6.45) is -2.70. The SMILES string of the molecule is CNc1ccccc1S(=O)(=O)N(C)CC(F)F. The Morgan fingerprint density at radius 3 is 2.47 bits per heavy atom. The van der Waals surface area contributed by atoms with Gasteiger partial charge in [-0.3, -0.25) is 0 Å². The maximum Gasteiger partial charge on any atom is 0.252 e. The lowest BCUT2D eigenvalue weighted by molar-refractivity contribution is 0.126. The van der Waals surface area contributed by atoms with Gasteiger partial charge in [0.15, 0.2) is 0 Å². The summed E-state index contributed by atoms with van der Waals surface area (Å²) in [7, 11) is -1.18. The van der Waals surface area contributed by atoms with Gasteiger partial charge in [-0.25, -0.2) is 17.2 Å². The van der Waals surface area contributed by atoms with Crippen LogP contribution in [0.1, 0.15) is 0 Å². The highest BCUT2D eigenvalue weighted by Crippen LogP contribution is 2.23. The van der Waals surface area contributed by atoms with E-state index in [4.69, 9.17) is 0 Å². The standard InChI is InChI=1S/C10H14F2N2O2S/c1-13-8-5-3-4-6-9(8)17(15,16)14(2)7-10(11)12/h3-6,10,13H,7H2,1-2H3. The number of hydrogen-bond donors (Lipinski definition) is 1. The topological polar surface area (TPSA) is 49.4 Å². The van der Waals surface area contributed by atoms with E-state index in [0.29, 0.717) is 9.99 Å². The van der Waals surface area contributed by atoms with Crippen molar-refractivity contribution in [3.8, 4) is 0 Å². The van der Waals surface area contributed by atoms with Crippen molar-refractivity contribution in [2.75, 3.05) is 26.0 Å². The lowest BCUT2D eigenvalue weighted by Gasteiger charge is -2.18. The Morgan fingerprint density at radius 2 is 1.94 bits per heavy atom. The molecule has 4 nitrogen and oxygen atoms in total. The van der Waals surface area contributed by atoms with Crippen LogP contribution < -0.4 is 5.32 Å². The Morgan fingerprint density at radius 1 is 1.35 bits per heavy atom. The van der Waals surface area contributed by atoms with Crippen LogP contribution >= 0.6 is 0 Å². The summed E-state index contributed by atoms with van der Waals surface area (Å²) < 4.78 is 49.0. The fourth-order valence-electron chi connectivity index (χ4n) is 1.36. The summed E-state index contributed by atoms with van der Waals surface area (Å²) in [4.78, 5) is -0.00866. The zero-order valence-corrected chi connectivity index (χ0v) is 10.3. The van der Waals surface area contributed by atoms with Crippen LogP contribution in [0.25, 0.3) is 0 Å². The van der Waals surface area contributed by atoms with E-state index in [1.807, 2.05) is 0 Å². The first-order valence-electron chi connectivity index (χ1n) is 4.91. The molecule has 0 radical (unpaired) electrons. The third-order valence-electron chi connectivity index (χ3n) is 2.24. The quantitative estimate of drug-likeness (QED) is 0.879. The average Bonchev–Trinajstić information content (AvgIpc) is 2.28. The third kappa shape index (κ3) is 3.13. The molecular formula is C10H14F2N2O2S. The van der Waals surface area contributed by atoms with Crippen LogP contribution in [0, 0.1) is 0 Å². The Hall–Kier alpha value is -1.21. The molecule has 1 rings (SSSR count). The highest BCUT2D eigenvalue weighted by molar-refractivity contribution is 7.89. The van der Waals surface area contributed by atoms with Crippen molar-refractivity contribution in [1.82, 2.24) is 4.31 Å². The number of hydrogen-bond acceptors (Lipinski definition) is 3. The molecule has 0 fully saturated rings. The maximum atomic E-state index is 12.2. The molecule has 0 heterocycles. The number of nitrogens with one attached hydrogen (secondary N) is 1. The van der Waals surface area contributed by atoms with Crippen molar-refractivity contribution in [3.05, 3.63) is 24.3 Å². The number of halogens is 2. The number of alkyl halides is 2. The maximum absolute atomic E-state index is 12.2. The van der Waals surface area contributed by atoms with E-state index in [2.05, 4.69) is 5.32 Å². The predicted octanol–water partition coefficient (Wildman–Crippen LogP) is 1.61. The molecule has 96 valence electrons. The van der Waals surface area contributed by atoms with E-state index < -0.39 is 23.0 Å². The first-order valence-corrected chi connectivity index (χ1v) is 6.35. The Bertz CT molecular complexity index is 477. The molecule has 0 aromatic heterocycles. The van der Waals surface area contributed by atoms with Gasteiger partial charge in [0.2, 0.25) is 10.0 Å². The molecular weight excluding hydrogens is 250 g/mol. The molecule has 0 atom stereocenters. The molecule has 1 N–H and O–H groups in total. The number of rotatable bonds is 5. The van der Waals surface area contributed by atoms with Crippen LogP contribution in [0.2, 0.25) is 0 Å². The van der Waals surface area contributed by atoms with E-state index in [-0.39, 0.29) is 4.90 Å². The van der Waals surface area contributed by atoms with Crippen molar-refractivity contribution in [2.45, 2.75) is 11.3 Å². The van der Waals surface area contributed by atoms with Crippen molar-refractivity contribution in [3.63, 3.8) is 0 Å². The lowest BCUT2D eigenvalue weighted by Crippen LogP contribution is -2.31. The first kappa shape index (κ1) is 13.9. The van der Waals surface area contributed by atoms with Crippen LogP contribution in [0.4, 0.5) is 14.5 Å². The second kappa shape index (κ2) is 5.42. The zero-order chi connectivity index (χ0) is 13.1. The summed E-state index contributed by atoms with van der Waals surface area (Å²) in [5, 5.41) is 2.72. The van der Waals surface area contributed by atoms with Gasteiger partial charge in [0.25, 0.3) is 6.43 Å². The fraction of sp³-hybridized carbons (Fsp3) is 0.400. The molecule has 0 saturated carbocycles. The average molecular weight is 264 g/mol. The van der Waals surface area contributed by atoms with E-state index in [0.717, 1.165) is 7.05 Å². The third-order valence-corrected chi connectivity index (χ3v) is 4.12. The van der Waals surface area contributed by atoms with Crippen molar-refractivity contribution < 1.29 is 17.2 Å². The van der Waals surface area contributed by atoms with Gasteiger partial charge in [-0.1, -0.05) is 12.1 Å². The highest BCUT2D eigenvalue weighted by atomic mass is 32.2. The number of sulfonamides is 1. The Labute approximate surface area is 99.3 Å². The lowest BCUT2D eigenvalue weighted by atomic mass is 10.3. The molecule has 7 heteroatoms. The molecule has 0 amide bonds. The van der Waals surface area contributed by atoms with E-state index >= 15 is 0 Å². The minimum absolute atomic E-state index is 0.00866. The molecule has 0 aliphatic carbocycles. The minimum atomic E-state index is -3.89. The van der Waals surface area contributed by atoms with Gasteiger partial charge in [-0.05, 0) is 12.1 Å². The van der Waals surface area contributed by atoms with Crippen LogP contribution in [0.15, 0.2) is 29.2 Å². The van der Waals surface area contributed by atoms with Crippen LogP contribution in [0.3, 0.4) is 0 Å². The molecule has 0 saturated heterocycles. The molecule has 17 heavy (non-hydrogen) atoms. The number of benzene rings is 1. The smallest absolute Gasteiger partial charge is 0.252 e. The Balaban J connectivity index is 3.13. The highest BCUT2D eigenvalue weighted by Gasteiger charge is 2.25. The van der Waals surface area contributed by atoms with Gasteiger partial charge < -0.3 is 5.32 Å². The monoisotopic (exact) mass is 264 g/mol. The predicted molar refractivity (Wildman–Crippen MR) is 61.8 cm³/mol. The van der Waals surface area contributed by atoms with Crippen molar-refractivity contribution >= 4 is 15.7 Å². The van der Waals surface area contributed by atoms with E-state index in [9.17, 15) is 17.2 Å². The van der Waals surface area contributed by atoms with Gasteiger partial charge in [-0.15, -0.1) is 0 Å². The second-order valence-electron chi connectivity index (χ2n) is 3.42. The van der Waals surface area contributed by atoms with Gasteiger partial charge in [0, 0.05) is 14.1 Å². The summed E-state index contributed by atoms with van der Waals surface area (Å²) in [6, 6.07) is 6.16. The minimum Gasteiger partial charge on any atom is -0.387 e. The van der Waals surface area contributed by atoms with Gasteiger partial charge >= 0.3 is 0 Å². The zero-order valence-electron chi connectivity index (χ0n) is 9.52. The second-order valence-corrected chi connectivity index (χ2v) is 5.44. The van der Waals surface area contributed by atoms with E-state index in [1.165, 1.54) is 6.07 Å².